The van der Waals surface area contributed by atoms with Crippen molar-refractivity contribution in [3.63, 3.8) is 0 Å². The Bertz CT molecular complexity index is 670. The lowest BCUT2D eigenvalue weighted by atomic mass is 10.1. The molecule has 0 saturated carbocycles. The molecular weight excluding hydrogens is 330 g/mol. The Morgan fingerprint density at radius 3 is 2.13 bits per heavy atom. The van der Waals surface area contributed by atoms with E-state index in [9.17, 15) is 8.42 Å². The predicted molar refractivity (Wildman–Crippen MR) is 93.0 cm³/mol. The average Bonchev–Trinajstić information content (AvgIpc) is 2.41. The van der Waals surface area contributed by atoms with Crippen molar-refractivity contribution in [2.75, 3.05) is 12.9 Å². The van der Waals surface area contributed by atoms with Gasteiger partial charge in [-0.3, -0.25) is 4.18 Å². The summed E-state index contributed by atoms with van der Waals surface area (Å²) >= 11 is 0. The molecule has 128 valence electrons. The van der Waals surface area contributed by atoms with E-state index in [2.05, 4.69) is 33.9 Å². The maximum Gasteiger partial charge on any atom is 0.265 e. The highest BCUT2D eigenvalue weighted by Crippen LogP contribution is 2.37. The molecule has 0 spiro atoms. The summed E-state index contributed by atoms with van der Waals surface area (Å²) in [6, 6.07) is 8.71. The Labute approximate surface area is 140 Å². The van der Waals surface area contributed by atoms with Crippen molar-refractivity contribution >= 4 is 18.4 Å². The molecule has 7 heteroatoms. The van der Waals surface area contributed by atoms with Crippen LogP contribution in [0.3, 0.4) is 0 Å². The maximum atomic E-state index is 11.5. The van der Waals surface area contributed by atoms with Crippen molar-refractivity contribution in [1.82, 2.24) is 0 Å². The largest absolute Gasteiger partial charge is 0.414 e. The molecular formula is C16H25NO4SSi. The van der Waals surface area contributed by atoms with Gasteiger partial charge in [0.15, 0.2) is 8.32 Å². The van der Waals surface area contributed by atoms with Crippen LogP contribution in [0.4, 0.5) is 0 Å². The topological polar surface area (TPSA) is 76.4 Å². The normalized spacial score (nSPS) is 14.3. The van der Waals surface area contributed by atoms with Gasteiger partial charge >= 0.3 is 0 Å². The fourth-order valence-electron chi connectivity index (χ4n) is 1.66. The van der Waals surface area contributed by atoms with Crippen molar-refractivity contribution < 1.29 is 17.0 Å². The molecule has 23 heavy (non-hydrogen) atoms. The fourth-order valence-corrected chi connectivity index (χ4v) is 3.25. The minimum absolute atomic E-state index is 0.0211. The molecule has 1 aromatic carbocycles. The van der Waals surface area contributed by atoms with Crippen molar-refractivity contribution in [3.8, 4) is 6.07 Å². The second-order valence-electron chi connectivity index (χ2n) is 7.09. The first-order valence-corrected chi connectivity index (χ1v) is 12.1. The van der Waals surface area contributed by atoms with E-state index in [1.165, 1.54) is 0 Å². The number of benzene rings is 1. The third kappa shape index (κ3) is 6.07. The lowest BCUT2D eigenvalue weighted by molar-refractivity contribution is 0.127. The van der Waals surface area contributed by atoms with Gasteiger partial charge in [0.1, 0.15) is 6.10 Å². The molecule has 1 aromatic rings. The SMILES string of the molecule is CC(C)(C)[Si](C)(C)OCC(OS(C)(=O)=O)c1ccc(C#N)cc1. The molecule has 0 aliphatic rings. The Morgan fingerprint density at radius 1 is 1.22 bits per heavy atom. The molecule has 5 nitrogen and oxygen atoms in total. The van der Waals surface area contributed by atoms with Gasteiger partial charge in [-0.15, -0.1) is 0 Å². The van der Waals surface area contributed by atoms with Crippen LogP contribution in [0.15, 0.2) is 24.3 Å². The van der Waals surface area contributed by atoms with Crippen LogP contribution in [0.1, 0.15) is 38.0 Å². The smallest absolute Gasteiger partial charge is 0.265 e. The van der Waals surface area contributed by atoms with Gasteiger partial charge < -0.3 is 4.43 Å². The summed E-state index contributed by atoms with van der Waals surface area (Å²) < 4.78 is 34.4. The van der Waals surface area contributed by atoms with E-state index in [1.807, 2.05) is 6.07 Å². The molecule has 0 amide bonds. The first-order chi connectivity index (χ1) is 10.4. The number of nitriles is 1. The van der Waals surface area contributed by atoms with E-state index in [1.54, 1.807) is 24.3 Å². The molecule has 0 aromatic heterocycles. The molecule has 0 aliphatic heterocycles. The third-order valence-corrected chi connectivity index (χ3v) is 9.19. The van der Waals surface area contributed by atoms with E-state index in [0.29, 0.717) is 11.1 Å². The van der Waals surface area contributed by atoms with Gasteiger partial charge in [-0.1, -0.05) is 32.9 Å². The quantitative estimate of drug-likeness (QED) is 0.575. The molecule has 0 radical (unpaired) electrons. The second-order valence-corrected chi connectivity index (χ2v) is 13.5. The zero-order valence-corrected chi connectivity index (χ0v) is 16.4. The summed E-state index contributed by atoms with van der Waals surface area (Å²) in [6.07, 6.45) is 0.308. The lowest BCUT2D eigenvalue weighted by Gasteiger charge is -2.37. The van der Waals surface area contributed by atoms with Crippen molar-refractivity contribution in [3.05, 3.63) is 35.4 Å². The van der Waals surface area contributed by atoms with Crippen LogP contribution in [0, 0.1) is 11.3 Å². The van der Waals surface area contributed by atoms with Gasteiger partial charge in [-0.25, -0.2) is 0 Å². The minimum atomic E-state index is -3.62. The first kappa shape index (κ1) is 19.8. The highest BCUT2D eigenvalue weighted by atomic mass is 32.2. The Balaban J connectivity index is 3.00. The third-order valence-electron chi connectivity index (χ3n) is 4.10. The molecule has 0 bridgehead atoms. The number of rotatable bonds is 6. The number of hydrogen-bond acceptors (Lipinski definition) is 5. The van der Waals surface area contributed by atoms with Gasteiger partial charge in [0.25, 0.3) is 10.1 Å². The first-order valence-electron chi connectivity index (χ1n) is 7.38. The summed E-state index contributed by atoms with van der Waals surface area (Å²) in [5.41, 5.74) is 1.19. The summed E-state index contributed by atoms with van der Waals surface area (Å²) in [7, 11) is -5.64. The maximum absolute atomic E-state index is 11.5. The molecule has 0 N–H and O–H groups in total. The molecule has 0 saturated heterocycles. The molecule has 0 heterocycles. The van der Waals surface area contributed by atoms with Crippen molar-refractivity contribution in [2.24, 2.45) is 0 Å². The Kier molecular flexibility index (Phi) is 6.16. The van der Waals surface area contributed by atoms with Crippen LogP contribution in [0.25, 0.3) is 0 Å². The standard InChI is InChI=1S/C16H25NO4SSi/c1-16(2,3)23(5,6)20-12-15(21-22(4,18)19)14-9-7-13(11-17)8-10-14/h7-10,15H,12H2,1-6H3. The Hall–Kier alpha value is -1.20. The summed E-state index contributed by atoms with van der Waals surface area (Å²) in [5, 5.41) is 8.88. The number of nitrogens with zero attached hydrogens (tertiary/aromatic N) is 1. The molecule has 1 unspecified atom stereocenters. The average molecular weight is 356 g/mol. The van der Waals surface area contributed by atoms with Crippen LogP contribution < -0.4 is 0 Å². The van der Waals surface area contributed by atoms with Crippen LogP contribution in [0.2, 0.25) is 18.1 Å². The van der Waals surface area contributed by atoms with E-state index in [0.717, 1.165) is 6.26 Å². The predicted octanol–water partition coefficient (Wildman–Crippen LogP) is 3.60. The minimum Gasteiger partial charge on any atom is -0.414 e. The van der Waals surface area contributed by atoms with Crippen molar-refractivity contribution in [1.29, 1.82) is 5.26 Å². The summed E-state index contributed by atoms with van der Waals surface area (Å²) in [4.78, 5) is 0. The van der Waals surface area contributed by atoms with E-state index in [-0.39, 0.29) is 11.6 Å². The van der Waals surface area contributed by atoms with Crippen molar-refractivity contribution in [2.45, 2.75) is 45.0 Å². The van der Waals surface area contributed by atoms with Gasteiger partial charge in [0.05, 0.1) is 24.5 Å². The molecule has 0 fully saturated rings. The summed E-state index contributed by atoms with van der Waals surface area (Å²) in [5.74, 6) is 0. The van der Waals surface area contributed by atoms with E-state index in [4.69, 9.17) is 13.9 Å². The van der Waals surface area contributed by atoms with Crippen LogP contribution >= 0.6 is 0 Å². The van der Waals surface area contributed by atoms with Gasteiger partial charge in [-0.05, 0) is 35.8 Å². The van der Waals surface area contributed by atoms with E-state index < -0.39 is 24.5 Å². The second kappa shape index (κ2) is 7.14. The summed E-state index contributed by atoms with van der Waals surface area (Å²) in [6.45, 7) is 10.7. The fraction of sp³-hybridized carbons (Fsp3) is 0.562. The zero-order valence-electron chi connectivity index (χ0n) is 14.6. The lowest BCUT2D eigenvalue weighted by Crippen LogP contribution is -2.42. The van der Waals surface area contributed by atoms with Crippen LogP contribution in [0.5, 0.6) is 0 Å². The monoisotopic (exact) mass is 355 g/mol. The molecule has 1 rings (SSSR count). The molecule has 0 aliphatic carbocycles. The Morgan fingerprint density at radius 2 is 1.74 bits per heavy atom. The van der Waals surface area contributed by atoms with Gasteiger partial charge in [-0.2, -0.15) is 13.7 Å². The van der Waals surface area contributed by atoms with Crippen LogP contribution in [-0.2, 0) is 18.7 Å². The number of hydrogen-bond donors (Lipinski definition) is 0. The zero-order chi connectivity index (χ0) is 17.9. The van der Waals surface area contributed by atoms with Gasteiger partial charge in [0.2, 0.25) is 0 Å². The highest BCUT2D eigenvalue weighted by Gasteiger charge is 2.38. The molecule has 1 atom stereocenters. The van der Waals surface area contributed by atoms with E-state index >= 15 is 0 Å². The highest BCUT2D eigenvalue weighted by molar-refractivity contribution is 7.86. The van der Waals surface area contributed by atoms with Gasteiger partial charge in [0, 0.05) is 0 Å². The van der Waals surface area contributed by atoms with Crippen LogP contribution in [-0.4, -0.2) is 29.6 Å².